The van der Waals surface area contributed by atoms with Gasteiger partial charge in [0.05, 0.1) is 18.9 Å². The number of methoxy groups -OCH3 is 1. The van der Waals surface area contributed by atoms with E-state index < -0.39 is 5.97 Å². The van der Waals surface area contributed by atoms with Crippen molar-refractivity contribution in [2.24, 2.45) is 7.05 Å². The zero-order chi connectivity index (χ0) is 20.2. The van der Waals surface area contributed by atoms with E-state index in [1.165, 1.54) is 7.11 Å². The maximum absolute atomic E-state index is 12.0. The minimum absolute atomic E-state index is 0.408. The van der Waals surface area contributed by atoms with Crippen LogP contribution in [0.2, 0.25) is 0 Å². The number of carbonyl (C=O) groups is 1. The molecule has 3 aromatic carbocycles. The topological polar surface area (TPSA) is 62.6 Å². The lowest BCUT2D eigenvalue weighted by atomic mass is 10.1. The van der Waals surface area contributed by atoms with Gasteiger partial charge < -0.3 is 14.2 Å². The first kappa shape index (κ1) is 18.6. The van der Waals surface area contributed by atoms with Crippen LogP contribution < -0.4 is 9.47 Å². The summed E-state index contributed by atoms with van der Waals surface area (Å²) in [5, 5.41) is 5.06. The lowest BCUT2D eigenvalue weighted by Crippen LogP contribution is -2.02. The molecule has 0 N–H and O–H groups in total. The SMILES string of the molecule is COC(=O)c1cc(Oc2ccc(OCc3ccccc3)cc2)c2c(cnn2C)c1. The second-order valence-electron chi connectivity index (χ2n) is 6.52. The van der Waals surface area contributed by atoms with Crippen LogP contribution in [0.3, 0.4) is 0 Å². The van der Waals surface area contributed by atoms with E-state index in [4.69, 9.17) is 14.2 Å². The highest BCUT2D eigenvalue weighted by Gasteiger charge is 2.15. The predicted octanol–water partition coefficient (Wildman–Crippen LogP) is 4.73. The van der Waals surface area contributed by atoms with Crippen molar-refractivity contribution in [2.75, 3.05) is 7.11 Å². The van der Waals surface area contributed by atoms with Gasteiger partial charge in [-0.25, -0.2) is 4.79 Å². The second kappa shape index (κ2) is 8.06. The average Bonchev–Trinajstić information content (AvgIpc) is 3.14. The Labute approximate surface area is 168 Å². The van der Waals surface area contributed by atoms with Crippen molar-refractivity contribution in [3.05, 3.63) is 84.1 Å². The zero-order valence-electron chi connectivity index (χ0n) is 16.2. The maximum atomic E-state index is 12.0. The van der Waals surface area contributed by atoms with Crippen LogP contribution in [-0.4, -0.2) is 22.9 Å². The summed E-state index contributed by atoms with van der Waals surface area (Å²) >= 11 is 0. The van der Waals surface area contributed by atoms with Crippen molar-refractivity contribution in [2.45, 2.75) is 6.61 Å². The molecule has 0 spiro atoms. The normalized spacial score (nSPS) is 10.7. The van der Waals surface area contributed by atoms with Gasteiger partial charge in [0.1, 0.15) is 23.6 Å². The summed E-state index contributed by atoms with van der Waals surface area (Å²) in [4.78, 5) is 12.0. The van der Waals surface area contributed by atoms with Crippen molar-refractivity contribution in [3.8, 4) is 17.2 Å². The van der Waals surface area contributed by atoms with Crippen LogP contribution in [0.4, 0.5) is 0 Å². The molecule has 0 amide bonds. The summed E-state index contributed by atoms with van der Waals surface area (Å²) in [6, 6.07) is 20.7. The highest BCUT2D eigenvalue weighted by molar-refractivity contribution is 5.97. The molecule has 0 radical (unpaired) electrons. The molecule has 6 heteroatoms. The number of fused-ring (bicyclic) bond motifs is 1. The molecule has 4 aromatic rings. The minimum Gasteiger partial charge on any atom is -0.489 e. The van der Waals surface area contributed by atoms with Crippen LogP contribution in [0.25, 0.3) is 10.9 Å². The number of benzene rings is 3. The fourth-order valence-corrected chi connectivity index (χ4v) is 3.07. The van der Waals surface area contributed by atoms with Gasteiger partial charge >= 0.3 is 5.97 Å². The Hall–Kier alpha value is -3.80. The number of hydrogen-bond donors (Lipinski definition) is 0. The first-order chi connectivity index (χ1) is 14.1. The molecule has 0 aliphatic carbocycles. The van der Waals surface area contributed by atoms with Gasteiger partial charge in [0.15, 0.2) is 5.75 Å². The number of nitrogens with zero attached hydrogens (tertiary/aromatic N) is 2. The van der Waals surface area contributed by atoms with Gasteiger partial charge in [-0.05, 0) is 42.0 Å². The van der Waals surface area contributed by atoms with Crippen LogP contribution in [0.1, 0.15) is 15.9 Å². The van der Waals surface area contributed by atoms with Crippen LogP contribution in [0.15, 0.2) is 72.9 Å². The standard InChI is InChI=1S/C23H20N2O4/c1-25-22-18(14-24-25)12-17(23(26)27-2)13-21(22)29-20-10-8-19(9-11-20)28-15-16-6-4-3-5-7-16/h3-14H,15H2,1-2H3. The van der Waals surface area contributed by atoms with E-state index in [1.807, 2.05) is 61.6 Å². The lowest BCUT2D eigenvalue weighted by Gasteiger charge is -2.11. The third-order valence-corrected chi connectivity index (χ3v) is 4.52. The fourth-order valence-electron chi connectivity index (χ4n) is 3.07. The Bertz CT molecular complexity index is 1130. The minimum atomic E-state index is -0.426. The molecule has 0 bridgehead atoms. The molecule has 0 saturated heterocycles. The Morgan fingerprint density at radius 2 is 1.72 bits per heavy atom. The Kier molecular flexibility index (Phi) is 5.16. The number of ether oxygens (including phenoxy) is 3. The van der Waals surface area contributed by atoms with E-state index in [2.05, 4.69) is 5.10 Å². The predicted molar refractivity (Wildman–Crippen MR) is 109 cm³/mol. The van der Waals surface area contributed by atoms with Gasteiger partial charge in [-0.2, -0.15) is 5.10 Å². The molecule has 0 aliphatic heterocycles. The van der Waals surface area contributed by atoms with E-state index in [0.29, 0.717) is 23.7 Å². The molecular formula is C23H20N2O4. The number of aromatic nitrogens is 2. The molecule has 4 rings (SSSR count). The van der Waals surface area contributed by atoms with E-state index in [9.17, 15) is 4.79 Å². The van der Waals surface area contributed by atoms with Gasteiger partial charge in [0.25, 0.3) is 0 Å². The molecule has 0 unspecified atom stereocenters. The van der Waals surface area contributed by atoms with Gasteiger partial charge in [-0.15, -0.1) is 0 Å². The van der Waals surface area contributed by atoms with Crippen molar-refractivity contribution in [3.63, 3.8) is 0 Å². The number of rotatable bonds is 6. The van der Waals surface area contributed by atoms with Crippen LogP contribution >= 0.6 is 0 Å². The molecule has 0 aliphatic rings. The summed E-state index contributed by atoms with van der Waals surface area (Å²) in [6.45, 7) is 0.498. The smallest absolute Gasteiger partial charge is 0.338 e. The van der Waals surface area contributed by atoms with Gasteiger partial charge in [0.2, 0.25) is 0 Å². The largest absolute Gasteiger partial charge is 0.489 e. The Morgan fingerprint density at radius 1 is 1.00 bits per heavy atom. The molecule has 146 valence electrons. The molecule has 1 aromatic heterocycles. The van der Waals surface area contributed by atoms with Crippen molar-refractivity contribution in [1.82, 2.24) is 9.78 Å². The fraction of sp³-hybridized carbons (Fsp3) is 0.130. The van der Waals surface area contributed by atoms with E-state index >= 15 is 0 Å². The number of carbonyl (C=O) groups excluding carboxylic acids is 1. The second-order valence-corrected chi connectivity index (χ2v) is 6.52. The summed E-state index contributed by atoms with van der Waals surface area (Å²) in [5.41, 5.74) is 2.30. The van der Waals surface area contributed by atoms with E-state index in [0.717, 1.165) is 22.2 Å². The first-order valence-corrected chi connectivity index (χ1v) is 9.13. The zero-order valence-corrected chi connectivity index (χ0v) is 16.2. The summed E-state index contributed by atoms with van der Waals surface area (Å²) in [7, 11) is 3.18. The third kappa shape index (κ3) is 4.06. The lowest BCUT2D eigenvalue weighted by molar-refractivity contribution is 0.0600. The highest BCUT2D eigenvalue weighted by atomic mass is 16.5. The van der Waals surface area contributed by atoms with E-state index in [-0.39, 0.29) is 0 Å². The molecule has 0 atom stereocenters. The molecule has 0 fully saturated rings. The van der Waals surface area contributed by atoms with Crippen LogP contribution in [0, 0.1) is 0 Å². The van der Waals surface area contributed by atoms with Crippen LogP contribution in [-0.2, 0) is 18.4 Å². The molecule has 6 nitrogen and oxygen atoms in total. The molecular weight excluding hydrogens is 368 g/mol. The average molecular weight is 388 g/mol. The maximum Gasteiger partial charge on any atom is 0.338 e. The first-order valence-electron chi connectivity index (χ1n) is 9.13. The monoisotopic (exact) mass is 388 g/mol. The quantitative estimate of drug-likeness (QED) is 0.447. The summed E-state index contributed by atoms with van der Waals surface area (Å²) in [5.74, 6) is 1.47. The number of hydrogen-bond acceptors (Lipinski definition) is 5. The van der Waals surface area contributed by atoms with Crippen molar-refractivity contribution in [1.29, 1.82) is 0 Å². The number of aryl methyl sites for hydroxylation is 1. The Balaban J connectivity index is 1.55. The van der Waals surface area contributed by atoms with Crippen LogP contribution in [0.5, 0.6) is 17.2 Å². The van der Waals surface area contributed by atoms with E-state index in [1.54, 1.807) is 23.0 Å². The Morgan fingerprint density at radius 3 is 2.45 bits per heavy atom. The van der Waals surface area contributed by atoms with Crippen molar-refractivity contribution >= 4 is 16.9 Å². The highest BCUT2D eigenvalue weighted by Crippen LogP contribution is 2.32. The van der Waals surface area contributed by atoms with Gasteiger partial charge in [-0.1, -0.05) is 30.3 Å². The molecule has 0 saturated carbocycles. The van der Waals surface area contributed by atoms with Crippen molar-refractivity contribution < 1.29 is 19.0 Å². The summed E-state index contributed by atoms with van der Waals surface area (Å²) < 4.78 is 18.4. The van der Waals surface area contributed by atoms with Gasteiger partial charge in [0, 0.05) is 12.4 Å². The molecule has 29 heavy (non-hydrogen) atoms. The number of esters is 1. The van der Waals surface area contributed by atoms with Gasteiger partial charge in [-0.3, -0.25) is 4.68 Å². The molecule has 1 heterocycles. The summed E-state index contributed by atoms with van der Waals surface area (Å²) in [6.07, 6.45) is 1.69. The third-order valence-electron chi connectivity index (χ3n) is 4.52.